The summed E-state index contributed by atoms with van der Waals surface area (Å²) in [6.07, 6.45) is 5.47. The van der Waals surface area contributed by atoms with Gasteiger partial charge in [-0.2, -0.15) is 0 Å². The van der Waals surface area contributed by atoms with Crippen molar-refractivity contribution in [3.63, 3.8) is 0 Å². The van der Waals surface area contributed by atoms with E-state index in [1.54, 1.807) is 24.5 Å². The first-order valence-corrected chi connectivity index (χ1v) is 7.66. The molecule has 0 fully saturated rings. The lowest BCUT2D eigenvalue weighted by molar-refractivity contribution is -0.125. The fourth-order valence-corrected chi connectivity index (χ4v) is 2.64. The zero-order chi connectivity index (χ0) is 16.9. The highest BCUT2D eigenvalue weighted by atomic mass is 16.2. The van der Waals surface area contributed by atoms with Crippen molar-refractivity contribution in [3.8, 4) is 0 Å². The number of fused-ring (bicyclic) bond motifs is 1. The van der Waals surface area contributed by atoms with Gasteiger partial charge in [0.25, 0.3) is 0 Å². The number of para-hydroxylation sites is 1. The Labute approximate surface area is 139 Å². The largest absolute Gasteiger partial charge is 0.361 e. The Bertz CT molecular complexity index is 858. The summed E-state index contributed by atoms with van der Waals surface area (Å²) in [6.45, 7) is 1.40. The lowest BCUT2D eigenvalue weighted by Gasteiger charge is -2.17. The number of aromatic amines is 1. The number of nitrogens with one attached hydrogen (secondary N) is 3. The van der Waals surface area contributed by atoms with E-state index >= 15 is 0 Å². The summed E-state index contributed by atoms with van der Waals surface area (Å²) in [7, 11) is 0. The van der Waals surface area contributed by atoms with Crippen molar-refractivity contribution in [1.29, 1.82) is 0 Å². The standard InChI is InChI=1S/C18H18N4O2/c1-12(23)21-17(18(24)22-14-5-4-8-19-11-14)9-13-10-20-16-7-3-2-6-15(13)16/h2-8,10-11,17,20H,9H2,1H3,(H,21,23)(H,22,24)/t17-/m1/s1. The van der Waals surface area contributed by atoms with Gasteiger partial charge in [0.05, 0.1) is 11.9 Å². The van der Waals surface area contributed by atoms with Crippen LogP contribution >= 0.6 is 0 Å². The fraction of sp³-hybridized carbons (Fsp3) is 0.167. The number of carbonyl (C=O) groups is 2. The molecular formula is C18H18N4O2. The van der Waals surface area contributed by atoms with Gasteiger partial charge in [-0.15, -0.1) is 0 Å². The van der Waals surface area contributed by atoms with Crippen molar-refractivity contribution in [2.75, 3.05) is 5.32 Å². The van der Waals surface area contributed by atoms with Gasteiger partial charge in [-0.05, 0) is 23.8 Å². The molecule has 2 heterocycles. The van der Waals surface area contributed by atoms with E-state index in [1.807, 2.05) is 30.5 Å². The minimum absolute atomic E-state index is 0.249. The van der Waals surface area contributed by atoms with Gasteiger partial charge < -0.3 is 15.6 Å². The van der Waals surface area contributed by atoms with Crippen LogP contribution in [0.2, 0.25) is 0 Å². The Balaban J connectivity index is 1.81. The van der Waals surface area contributed by atoms with Gasteiger partial charge in [-0.25, -0.2) is 0 Å². The predicted molar refractivity (Wildman–Crippen MR) is 92.5 cm³/mol. The molecule has 0 spiro atoms. The quantitative estimate of drug-likeness (QED) is 0.673. The number of benzene rings is 1. The molecule has 0 aliphatic heterocycles. The molecule has 1 aromatic carbocycles. The third-order valence-corrected chi connectivity index (χ3v) is 3.72. The molecular weight excluding hydrogens is 304 g/mol. The molecule has 0 aliphatic rings. The molecule has 0 aliphatic carbocycles. The van der Waals surface area contributed by atoms with Crippen molar-refractivity contribution in [1.82, 2.24) is 15.3 Å². The molecule has 3 rings (SSSR count). The van der Waals surface area contributed by atoms with Crippen LogP contribution in [-0.2, 0) is 16.0 Å². The predicted octanol–water partition coefficient (Wildman–Crippen LogP) is 2.25. The van der Waals surface area contributed by atoms with Gasteiger partial charge in [0.1, 0.15) is 6.04 Å². The molecule has 2 aromatic heterocycles. The first-order valence-electron chi connectivity index (χ1n) is 7.66. The van der Waals surface area contributed by atoms with E-state index < -0.39 is 6.04 Å². The maximum atomic E-state index is 12.5. The monoisotopic (exact) mass is 322 g/mol. The average molecular weight is 322 g/mol. The van der Waals surface area contributed by atoms with Crippen LogP contribution in [0.25, 0.3) is 10.9 Å². The van der Waals surface area contributed by atoms with E-state index in [4.69, 9.17) is 0 Å². The summed E-state index contributed by atoms with van der Waals surface area (Å²) in [6, 6.07) is 10.7. The van der Waals surface area contributed by atoms with Gasteiger partial charge in [0.15, 0.2) is 0 Å². The summed E-state index contributed by atoms with van der Waals surface area (Å²) >= 11 is 0. The van der Waals surface area contributed by atoms with E-state index in [-0.39, 0.29) is 11.8 Å². The SMILES string of the molecule is CC(=O)N[C@H](Cc1c[nH]c2ccccc12)C(=O)Nc1cccnc1. The van der Waals surface area contributed by atoms with E-state index in [0.29, 0.717) is 12.1 Å². The number of H-pyrrole nitrogens is 1. The first-order chi connectivity index (χ1) is 11.6. The third-order valence-electron chi connectivity index (χ3n) is 3.72. The molecule has 0 bridgehead atoms. The Morgan fingerprint density at radius 1 is 1.21 bits per heavy atom. The van der Waals surface area contributed by atoms with Crippen LogP contribution in [0.3, 0.4) is 0 Å². The molecule has 0 saturated carbocycles. The molecule has 122 valence electrons. The number of rotatable bonds is 5. The van der Waals surface area contributed by atoms with E-state index in [1.165, 1.54) is 6.92 Å². The second kappa shape index (κ2) is 6.95. The van der Waals surface area contributed by atoms with Gasteiger partial charge in [-0.1, -0.05) is 18.2 Å². The van der Waals surface area contributed by atoms with Crippen LogP contribution in [-0.4, -0.2) is 27.8 Å². The Morgan fingerprint density at radius 3 is 2.79 bits per heavy atom. The number of nitrogens with zero attached hydrogens (tertiary/aromatic N) is 1. The Kier molecular flexibility index (Phi) is 4.56. The summed E-state index contributed by atoms with van der Waals surface area (Å²) in [5, 5.41) is 6.54. The highest BCUT2D eigenvalue weighted by Gasteiger charge is 2.21. The van der Waals surface area contributed by atoms with Crippen molar-refractivity contribution in [2.45, 2.75) is 19.4 Å². The maximum Gasteiger partial charge on any atom is 0.247 e. The van der Waals surface area contributed by atoms with Crippen molar-refractivity contribution < 1.29 is 9.59 Å². The molecule has 24 heavy (non-hydrogen) atoms. The van der Waals surface area contributed by atoms with Gasteiger partial charge in [-0.3, -0.25) is 14.6 Å². The number of hydrogen-bond acceptors (Lipinski definition) is 3. The molecule has 3 aromatic rings. The average Bonchev–Trinajstić information content (AvgIpc) is 2.98. The number of carbonyl (C=O) groups excluding carboxylic acids is 2. The van der Waals surface area contributed by atoms with Crippen LogP contribution in [0.5, 0.6) is 0 Å². The van der Waals surface area contributed by atoms with Crippen LogP contribution < -0.4 is 10.6 Å². The second-order valence-corrected chi connectivity index (χ2v) is 5.55. The van der Waals surface area contributed by atoms with Crippen LogP contribution in [0.4, 0.5) is 5.69 Å². The van der Waals surface area contributed by atoms with Crippen LogP contribution in [0.15, 0.2) is 55.0 Å². The highest BCUT2D eigenvalue weighted by Crippen LogP contribution is 2.19. The van der Waals surface area contributed by atoms with E-state index in [9.17, 15) is 9.59 Å². The summed E-state index contributed by atoms with van der Waals surface area (Å²) in [5.41, 5.74) is 2.57. The number of pyridine rings is 1. The zero-order valence-corrected chi connectivity index (χ0v) is 13.2. The van der Waals surface area contributed by atoms with Gasteiger partial charge >= 0.3 is 0 Å². The summed E-state index contributed by atoms with van der Waals surface area (Å²) in [4.78, 5) is 31.2. The first kappa shape index (κ1) is 15.7. The fourth-order valence-electron chi connectivity index (χ4n) is 2.64. The molecule has 2 amide bonds. The normalized spacial score (nSPS) is 11.9. The number of anilines is 1. The minimum Gasteiger partial charge on any atom is -0.361 e. The third kappa shape index (κ3) is 3.60. The molecule has 3 N–H and O–H groups in total. The number of amides is 2. The summed E-state index contributed by atoms with van der Waals surface area (Å²) in [5.74, 6) is -0.523. The lowest BCUT2D eigenvalue weighted by atomic mass is 10.0. The minimum atomic E-state index is -0.665. The van der Waals surface area contributed by atoms with E-state index in [2.05, 4.69) is 20.6 Å². The highest BCUT2D eigenvalue weighted by molar-refractivity contribution is 5.97. The second-order valence-electron chi connectivity index (χ2n) is 5.55. The number of aromatic nitrogens is 2. The Morgan fingerprint density at radius 2 is 2.04 bits per heavy atom. The molecule has 1 atom stereocenters. The van der Waals surface area contributed by atoms with Crippen molar-refractivity contribution in [3.05, 3.63) is 60.6 Å². The Hall–Kier alpha value is -3.15. The molecule has 0 radical (unpaired) electrons. The molecule has 0 saturated heterocycles. The van der Waals surface area contributed by atoms with Crippen molar-refractivity contribution >= 4 is 28.4 Å². The lowest BCUT2D eigenvalue weighted by Crippen LogP contribution is -2.44. The van der Waals surface area contributed by atoms with Gasteiger partial charge in [0, 0.05) is 36.6 Å². The molecule has 6 heteroatoms. The molecule has 6 nitrogen and oxygen atoms in total. The maximum absolute atomic E-state index is 12.5. The smallest absolute Gasteiger partial charge is 0.247 e. The van der Waals surface area contributed by atoms with Crippen molar-refractivity contribution in [2.24, 2.45) is 0 Å². The van der Waals surface area contributed by atoms with E-state index in [0.717, 1.165) is 16.5 Å². The zero-order valence-electron chi connectivity index (χ0n) is 13.2. The van der Waals surface area contributed by atoms with Crippen LogP contribution in [0.1, 0.15) is 12.5 Å². The topological polar surface area (TPSA) is 86.9 Å². The summed E-state index contributed by atoms with van der Waals surface area (Å²) < 4.78 is 0. The molecule has 0 unspecified atom stereocenters. The van der Waals surface area contributed by atoms with Gasteiger partial charge in [0.2, 0.25) is 11.8 Å². The van der Waals surface area contributed by atoms with Crippen LogP contribution in [0, 0.1) is 0 Å². The number of hydrogen-bond donors (Lipinski definition) is 3.